The van der Waals surface area contributed by atoms with Gasteiger partial charge < -0.3 is 30.1 Å². The van der Waals surface area contributed by atoms with E-state index in [4.69, 9.17) is 32.7 Å². The summed E-state index contributed by atoms with van der Waals surface area (Å²) in [6.45, 7) is 8.11. The van der Waals surface area contributed by atoms with Crippen LogP contribution in [0.3, 0.4) is 0 Å². The monoisotopic (exact) mass is 656 g/mol. The van der Waals surface area contributed by atoms with Crippen molar-refractivity contribution in [1.82, 2.24) is 20.6 Å². The van der Waals surface area contributed by atoms with Gasteiger partial charge in [0.1, 0.15) is 10.8 Å². The quantitative estimate of drug-likeness (QED) is 0.163. The summed E-state index contributed by atoms with van der Waals surface area (Å²) in [6, 6.07) is 3.53. The molecule has 4 rings (SSSR count). The Balaban J connectivity index is 0.000000220. The smallest absolute Gasteiger partial charge is 0.216 e. The molecule has 40 heavy (non-hydrogen) atoms. The average molecular weight is 658 g/mol. The third-order valence-electron chi connectivity index (χ3n) is 6.53. The van der Waals surface area contributed by atoms with Crippen molar-refractivity contribution in [3.05, 3.63) is 56.0 Å². The van der Waals surface area contributed by atoms with Crippen molar-refractivity contribution in [3.63, 3.8) is 0 Å². The van der Waals surface area contributed by atoms with Crippen LogP contribution in [0.2, 0.25) is 10.0 Å². The minimum absolute atomic E-state index is 0.0114. The predicted octanol–water partition coefficient (Wildman–Crippen LogP) is 7.04. The highest BCUT2D eigenvalue weighted by molar-refractivity contribution is 9.10. The van der Waals surface area contributed by atoms with Crippen molar-refractivity contribution < 1.29 is 23.5 Å². The first-order valence-electron chi connectivity index (χ1n) is 12.5. The number of amides is 2. The third kappa shape index (κ3) is 6.85. The number of H-pyrrole nitrogens is 2. The van der Waals surface area contributed by atoms with E-state index in [9.17, 15) is 14.0 Å². The zero-order valence-electron chi connectivity index (χ0n) is 23.0. The number of carbonyl (C=O) groups is 2. The minimum Gasteiger partial charge on any atom is -0.495 e. The lowest BCUT2D eigenvalue weighted by Gasteiger charge is -2.12. The topological polar surface area (TPSA) is 108 Å². The van der Waals surface area contributed by atoms with Gasteiger partial charge in [-0.25, -0.2) is 4.39 Å². The number of aromatic nitrogens is 2. The van der Waals surface area contributed by atoms with Gasteiger partial charge in [-0.3, -0.25) is 9.59 Å². The van der Waals surface area contributed by atoms with Gasteiger partial charge in [0.05, 0.1) is 34.7 Å². The average Bonchev–Trinajstić information content (AvgIpc) is 3.55. The first kappa shape index (κ1) is 31.6. The summed E-state index contributed by atoms with van der Waals surface area (Å²) in [6.07, 6.45) is 3.72. The van der Waals surface area contributed by atoms with Gasteiger partial charge in [-0.2, -0.15) is 0 Å². The molecular formula is C28H32BrCl2FN4O4. The number of benzene rings is 2. The molecule has 2 aromatic carbocycles. The first-order chi connectivity index (χ1) is 18.9. The van der Waals surface area contributed by atoms with Gasteiger partial charge in [-0.15, -0.1) is 0 Å². The number of rotatable bonds is 8. The zero-order valence-corrected chi connectivity index (χ0v) is 26.1. The first-order valence-corrected chi connectivity index (χ1v) is 14.0. The Bertz CT molecular complexity index is 1420. The summed E-state index contributed by atoms with van der Waals surface area (Å²) in [7, 11) is 2.99. The molecule has 4 aromatic rings. The SMILES string of the molecule is COc1cc2c(C(C)CNC(C)=O)c[nH]c2c(Br)c1Cl.COc1cc2c(C(C)CNC(C)=O)c[nH]c2c(Cl)c1F. The van der Waals surface area contributed by atoms with Gasteiger partial charge >= 0.3 is 0 Å². The van der Waals surface area contributed by atoms with E-state index in [1.54, 1.807) is 19.4 Å². The van der Waals surface area contributed by atoms with Crippen LogP contribution in [-0.4, -0.2) is 49.1 Å². The largest absolute Gasteiger partial charge is 0.495 e. The highest BCUT2D eigenvalue weighted by atomic mass is 79.9. The van der Waals surface area contributed by atoms with E-state index in [2.05, 4.69) is 43.5 Å². The lowest BCUT2D eigenvalue weighted by molar-refractivity contribution is -0.119. The van der Waals surface area contributed by atoms with Gasteiger partial charge in [0.2, 0.25) is 11.8 Å². The lowest BCUT2D eigenvalue weighted by Crippen LogP contribution is -2.24. The van der Waals surface area contributed by atoms with E-state index in [-0.39, 0.29) is 34.4 Å². The molecule has 0 aliphatic heterocycles. The van der Waals surface area contributed by atoms with Crippen molar-refractivity contribution >= 4 is 72.8 Å². The van der Waals surface area contributed by atoms with Crippen molar-refractivity contribution in [2.24, 2.45) is 0 Å². The molecule has 2 aromatic heterocycles. The molecule has 0 saturated carbocycles. The van der Waals surface area contributed by atoms with E-state index in [1.807, 2.05) is 19.2 Å². The molecule has 0 fully saturated rings. The Kier molecular flexibility index (Phi) is 10.7. The molecule has 2 amide bonds. The number of fused-ring (bicyclic) bond motifs is 2. The van der Waals surface area contributed by atoms with E-state index < -0.39 is 5.82 Å². The molecule has 0 aliphatic rings. The van der Waals surface area contributed by atoms with Gasteiger partial charge in [0.25, 0.3) is 0 Å². The number of ether oxygens (including phenoxy) is 2. The summed E-state index contributed by atoms with van der Waals surface area (Å²) in [4.78, 5) is 28.2. The summed E-state index contributed by atoms with van der Waals surface area (Å²) in [5.74, 6) is 0.291. The van der Waals surface area contributed by atoms with Crippen molar-refractivity contribution in [2.45, 2.75) is 39.5 Å². The number of carbonyl (C=O) groups excluding carboxylic acids is 2. The Morgan fingerprint density at radius 1 is 0.875 bits per heavy atom. The molecule has 2 atom stereocenters. The zero-order chi connectivity index (χ0) is 29.7. The summed E-state index contributed by atoms with van der Waals surface area (Å²) >= 11 is 15.7. The Hall–Kier alpha value is -2.95. The van der Waals surface area contributed by atoms with Crippen LogP contribution in [0.5, 0.6) is 11.5 Å². The minimum atomic E-state index is -0.579. The highest BCUT2D eigenvalue weighted by Crippen LogP contribution is 2.41. The normalized spacial score (nSPS) is 12.4. The number of hydrogen-bond acceptors (Lipinski definition) is 4. The van der Waals surface area contributed by atoms with Crippen LogP contribution >= 0.6 is 39.1 Å². The van der Waals surface area contributed by atoms with Crippen molar-refractivity contribution in [3.8, 4) is 11.5 Å². The van der Waals surface area contributed by atoms with E-state index in [0.717, 1.165) is 31.9 Å². The summed E-state index contributed by atoms with van der Waals surface area (Å²) in [5, 5.41) is 7.98. The molecule has 2 unspecified atom stereocenters. The van der Waals surface area contributed by atoms with Gasteiger partial charge in [-0.1, -0.05) is 37.0 Å². The van der Waals surface area contributed by atoms with Crippen LogP contribution in [0.4, 0.5) is 4.39 Å². The van der Waals surface area contributed by atoms with E-state index in [0.29, 0.717) is 29.4 Å². The van der Waals surface area contributed by atoms with Crippen LogP contribution in [0.15, 0.2) is 29.0 Å². The Morgan fingerprint density at radius 2 is 1.32 bits per heavy atom. The second-order valence-electron chi connectivity index (χ2n) is 9.42. The predicted molar refractivity (Wildman–Crippen MR) is 162 cm³/mol. The molecule has 0 saturated heterocycles. The standard InChI is InChI=1S/C14H16BrClN2O2.C14H16ClFN2O2/c2*1-7(5-17-8(2)19)10-6-18-14-9(10)4-11(20-3)13(16)12(14)15/h2*4,6-7,18H,5H2,1-3H3,(H,17,19). The van der Waals surface area contributed by atoms with Crippen LogP contribution in [0.1, 0.15) is 50.7 Å². The second kappa shape index (κ2) is 13.6. The fourth-order valence-corrected chi connectivity index (χ4v) is 5.32. The van der Waals surface area contributed by atoms with Gasteiger partial charge in [-0.05, 0) is 39.2 Å². The number of nitrogens with one attached hydrogen (secondary N) is 4. The molecular weight excluding hydrogens is 626 g/mol. The number of methoxy groups -OCH3 is 2. The van der Waals surface area contributed by atoms with Crippen LogP contribution in [0, 0.1) is 5.82 Å². The van der Waals surface area contributed by atoms with Crippen molar-refractivity contribution in [2.75, 3.05) is 27.3 Å². The maximum Gasteiger partial charge on any atom is 0.216 e. The lowest BCUT2D eigenvalue weighted by atomic mass is 10.00. The van der Waals surface area contributed by atoms with Crippen LogP contribution in [0.25, 0.3) is 21.8 Å². The second-order valence-corrected chi connectivity index (χ2v) is 11.0. The molecule has 2 heterocycles. The molecule has 0 bridgehead atoms. The molecule has 0 spiro atoms. The van der Waals surface area contributed by atoms with Crippen LogP contribution < -0.4 is 20.1 Å². The third-order valence-corrected chi connectivity index (χ3v) is 8.28. The van der Waals surface area contributed by atoms with Gasteiger partial charge in [0.15, 0.2) is 11.6 Å². The summed E-state index contributed by atoms with van der Waals surface area (Å²) in [5.41, 5.74) is 3.54. The van der Waals surface area contributed by atoms with E-state index in [1.165, 1.54) is 21.0 Å². The maximum atomic E-state index is 13.9. The number of aromatic amines is 2. The highest BCUT2D eigenvalue weighted by Gasteiger charge is 2.19. The van der Waals surface area contributed by atoms with Crippen LogP contribution in [-0.2, 0) is 9.59 Å². The molecule has 4 N–H and O–H groups in total. The number of hydrogen-bond donors (Lipinski definition) is 4. The molecule has 8 nitrogen and oxygen atoms in total. The summed E-state index contributed by atoms with van der Waals surface area (Å²) < 4.78 is 24.9. The fourth-order valence-electron chi connectivity index (χ4n) is 4.32. The van der Waals surface area contributed by atoms with Gasteiger partial charge in [0, 0.05) is 61.9 Å². The van der Waals surface area contributed by atoms with Crippen molar-refractivity contribution in [1.29, 1.82) is 0 Å². The fraction of sp³-hybridized carbons (Fsp3) is 0.357. The Labute approximate surface area is 250 Å². The maximum absolute atomic E-state index is 13.9. The molecule has 216 valence electrons. The number of halogens is 4. The van der Waals surface area contributed by atoms with E-state index >= 15 is 0 Å². The molecule has 12 heteroatoms. The Morgan fingerprint density at radius 3 is 1.80 bits per heavy atom. The molecule has 0 aliphatic carbocycles. The molecule has 0 radical (unpaired) electrons.